The van der Waals surface area contributed by atoms with Gasteiger partial charge >= 0.3 is 5.97 Å². The van der Waals surface area contributed by atoms with Crippen LogP contribution in [-0.2, 0) is 23.1 Å². The predicted octanol–water partition coefficient (Wildman–Crippen LogP) is 6.88. The second-order valence-corrected chi connectivity index (χ2v) is 9.97. The summed E-state index contributed by atoms with van der Waals surface area (Å²) in [6.45, 7) is 3.88. The third-order valence-corrected chi connectivity index (χ3v) is 7.13. The van der Waals surface area contributed by atoms with Crippen molar-refractivity contribution in [2.75, 3.05) is 5.32 Å². The first-order valence-electron chi connectivity index (χ1n) is 11.9. The van der Waals surface area contributed by atoms with E-state index < -0.39 is 5.97 Å². The number of aryl methyl sites for hydroxylation is 2. The number of carbonyl (C=O) groups is 2. The molecule has 0 unspecified atom stereocenters. The van der Waals surface area contributed by atoms with E-state index >= 15 is 0 Å². The first-order valence-corrected chi connectivity index (χ1v) is 11.9. The lowest BCUT2D eigenvalue weighted by Gasteiger charge is -2.32. The number of fused-ring (bicyclic) bond motifs is 6. The molecule has 0 saturated carbocycles. The third kappa shape index (κ3) is 4.05. The van der Waals surface area contributed by atoms with Gasteiger partial charge in [0.25, 0.3) is 0 Å². The van der Waals surface area contributed by atoms with Crippen molar-refractivity contribution in [3.63, 3.8) is 0 Å². The Morgan fingerprint density at radius 3 is 2.47 bits per heavy atom. The summed E-state index contributed by atoms with van der Waals surface area (Å²) in [6.07, 6.45) is 5.59. The van der Waals surface area contributed by atoms with Gasteiger partial charge in [-0.3, -0.25) is 4.79 Å². The fraction of sp³-hybridized carbons (Fsp3) is 0.267. The van der Waals surface area contributed by atoms with Gasteiger partial charge in [-0.05, 0) is 82.1 Å². The summed E-state index contributed by atoms with van der Waals surface area (Å²) >= 11 is 0. The normalized spacial score (nSPS) is 16.1. The minimum Gasteiger partial charge on any atom is -0.478 e. The third-order valence-electron chi connectivity index (χ3n) is 7.13. The molecule has 1 amide bonds. The molecule has 0 fully saturated rings. The molecule has 34 heavy (non-hydrogen) atoms. The van der Waals surface area contributed by atoms with E-state index in [1.807, 2.05) is 13.8 Å². The highest BCUT2D eigenvalue weighted by Crippen LogP contribution is 2.37. The molecule has 172 valence electrons. The Morgan fingerprint density at radius 1 is 0.882 bits per heavy atom. The number of nitrogens with one attached hydrogen (secondary N) is 1. The van der Waals surface area contributed by atoms with Crippen LogP contribution >= 0.6 is 0 Å². The molecular formula is C30H29NO3. The maximum absolute atomic E-state index is 11.4. The van der Waals surface area contributed by atoms with Crippen molar-refractivity contribution in [3.05, 3.63) is 89.0 Å². The van der Waals surface area contributed by atoms with Crippen LogP contribution in [0, 0.1) is 0 Å². The summed E-state index contributed by atoms with van der Waals surface area (Å²) < 4.78 is 0. The molecular weight excluding hydrogens is 422 g/mol. The standard InChI is InChI=1S/C18H16.C12H13NO3/c1-3-7-15-13(5-1)9-11-18-16-8-4-2-6-14(16)10-12-17(15)18;1-12(2)6-10(14)13-9-4-3-7(11(15)16)5-8(9)12/h1,3,5,7,9-12H,2,4,6,8H2;3-5H,6H2,1-2H3,(H,13,14)(H,15,16). The number of carboxylic acid groups (broad SMARTS) is 1. The van der Waals surface area contributed by atoms with Crippen LogP contribution in [-0.4, -0.2) is 17.0 Å². The Morgan fingerprint density at radius 2 is 1.65 bits per heavy atom. The number of benzene rings is 4. The van der Waals surface area contributed by atoms with E-state index in [0.29, 0.717) is 12.1 Å². The molecule has 2 N–H and O–H groups in total. The van der Waals surface area contributed by atoms with Crippen molar-refractivity contribution in [2.45, 2.75) is 51.4 Å². The average molecular weight is 452 g/mol. The van der Waals surface area contributed by atoms with E-state index in [2.05, 4.69) is 53.8 Å². The van der Waals surface area contributed by atoms with Gasteiger partial charge in [0.15, 0.2) is 0 Å². The lowest BCUT2D eigenvalue weighted by atomic mass is 9.77. The van der Waals surface area contributed by atoms with Crippen LogP contribution in [0.5, 0.6) is 0 Å². The lowest BCUT2D eigenvalue weighted by molar-refractivity contribution is -0.117. The van der Waals surface area contributed by atoms with Crippen LogP contribution in [0.3, 0.4) is 0 Å². The molecule has 1 aliphatic heterocycles. The van der Waals surface area contributed by atoms with Crippen LogP contribution in [0.2, 0.25) is 0 Å². The molecule has 0 atom stereocenters. The van der Waals surface area contributed by atoms with E-state index in [9.17, 15) is 9.59 Å². The molecule has 4 aromatic rings. The van der Waals surface area contributed by atoms with Crippen molar-refractivity contribution in [1.29, 1.82) is 0 Å². The van der Waals surface area contributed by atoms with E-state index in [1.54, 1.807) is 23.3 Å². The van der Waals surface area contributed by atoms with Crippen LogP contribution in [0.1, 0.15) is 60.2 Å². The average Bonchev–Trinajstić information content (AvgIpc) is 2.83. The first-order chi connectivity index (χ1) is 16.3. The Labute approximate surface area is 199 Å². The number of amides is 1. The van der Waals surface area contributed by atoms with E-state index in [1.165, 1.54) is 53.3 Å². The van der Waals surface area contributed by atoms with Crippen molar-refractivity contribution >= 4 is 39.1 Å². The Balaban J connectivity index is 0.000000143. The molecule has 1 heterocycles. The SMILES string of the molecule is CC1(C)CC(=O)Nc2ccc(C(=O)O)cc21.c1ccc2c(c1)ccc1c3c(ccc12)CCCC3. The predicted molar refractivity (Wildman–Crippen MR) is 138 cm³/mol. The van der Waals surface area contributed by atoms with Crippen LogP contribution in [0.15, 0.2) is 66.7 Å². The van der Waals surface area contributed by atoms with Gasteiger partial charge in [0.2, 0.25) is 5.91 Å². The monoisotopic (exact) mass is 451 g/mol. The minimum absolute atomic E-state index is 0.0272. The molecule has 0 saturated heterocycles. The van der Waals surface area contributed by atoms with Crippen LogP contribution < -0.4 is 5.32 Å². The highest BCUT2D eigenvalue weighted by molar-refractivity contribution is 6.08. The molecule has 1 aliphatic carbocycles. The zero-order valence-electron chi connectivity index (χ0n) is 19.7. The lowest BCUT2D eigenvalue weighted by Crippen LogP contribution is -2.32. The summed E-state index contributed by atoms with van der Waals surface area (Å²) in [5.74, 6) is -0.976. The number of carboxylic acids is 1. The van der Waals surface area contributed by atoms with Crippen molar-refractivity contribution in [1.82, 2.24) is 0 Å². The maximum Gasteiger partial charge on any atom is 0.335 e. The van der Waals surface area contributed by atoms with Gasteiger partial charge in [-0.2, -0.15) is 0 Å². The second-order valence-electron chi connectivity index (χ2n) is 9.97. The summed E-state index contributed by atoms with van der Waals surface area (Å²) in [5, 5.41) is 17.3. The summed E-state index contributed by atoms with van der Waals surface area (Å²) in [4.78, 5) is 22.3. The number of hydrogen-bond acceptors (Lipinski definition) is 2. The van der Waals surface area contributed by atoms with Gasteiger partial charge < -0.3 is 10.4 Å². The van der Waals surface area contributed by atoms with Gasteiger partial charge in [-0.1, -0.05) is 62.4 Å². The second kappa shape index (κ2) is 8.60. The molecule has 2 aliphatic rings. The van der Waals surface area contributed by atoms with E-state index in [4.69, 9.17) is 5.11 Å². The van der Waals surface area contributed by atoms with Gasteiger partial charge in [0, 0.05) is 17.5 Å². The zero-order valence-corrected chi connectivity index (χ0v) is 19.7. The van der Waals surface area contributed by atoms with Crippen LogP contribution in [0.25, 0.3) is 21.5 Å². The number of aromatic carboxylic acids is 1. The van der Waals surface area contributed by atoms with Gasteiger partial charge in [-0.25, -0.2) is 4.79 Å². The van der Waals surface area contributed by atoms with Gasteiger partial charge in [-0.15, -0.1) is 0 Å². The Hall–Kier alpha value is -3.66. The Bertz CT molecular complexity index is 1430. The summed E-state index contributed by atoms with van der Waals surface area (Å²) in [6, 6.07) is 22.8. The molecule has 0 bridgehead atoms. The van der Waals surface area contributed by atoms with Gasteiger partial charge in [0.1, 0.15) is 0 Å². The number of carbonyl (C=O) groups excluding carboxylic acids is 1. The number of anilines is 1. The van der Waals surface area contributed by atoms with Gasteiger partial charge in [0.05, 0.1) is 5.56 Å². The molecule has 0 radical (unpaired) electrons. The molecule has 4 nitrogen and oxygen atoms in total. The molecule has 0 spiro atoms. The molecule has 4 aromatic carbocycles. The minimum atomic E-state index is -0.949. The number of rotatable bonds is 1. The fourth-order valence-electron chi connectivity index (χ4n) is 5.38. The Kier molecular flexibility index (Phi) is 5.60. The van der Waals surface area contributed by atoms with E-state index in [0.717, 1.165) is 5.56 Å². The van der Waals surface area contributed by atoms with E-state index in [-0.39, 0.29) is 16.9 Å². The topological polar surface area (TPSA) is 66.4 Å². The highest BCUT2D eigenvalue weighted by Gasteiger charge is 2.32. The molecule has 6 rings (SSSR count). The van der Waals surface area contributed by atoms with Crippen molar-refractivity contribution in [2.24, 2.45) is 0 Å². The first kappa shape index (κ1) is 22.1. The summed E-state index contributed by atoms with van der Waals surface area (Å²) in [7, 11) is 0. The smallest absolute Gasteiger partial charge is 0.335 e. The van der Waals surface area contributed by atoms with Crippen molar-refractivity contribution < 1.29 is 14.7 Å². The largest absolute Gasteiger partial charge is 0.478 e. The fourth-order valence-corrected chi connectivity index (χ4v) is 5.38. The summed E-state index contributed by atoms with van der Waals surface area (Å²) in [5.41, 5.74) is 4.71. The zero-order chi connectivity index (χ0) is 23.9. The van der Waals surface area contributed by atoms with Crippen LogP contribution in [0.4, 0.5) is 5.69 Å². The quantitative estimate of drug-likeness (QED) is 0.310. The number of hydrogen-bond donors (Lipinski definition) is 2. The molecule has 0 aromatic heterocycles. The maximum atomic E-state index is 11.4. The molecule has 4 heteroatoms. The van der Waals surface area contributed by atoms with Crippen molar-refractivity contribution in [3.8, 4) is 0 Å². The highest BCUT2D eigenvalue weighted by atomic mass is 16.4.